The molecular weight excluding hydrogens is 403 g/mol. The van der Waals surface area contributed by atoms with Crippen molar-refractivity contribution in [1.82, 2.24) is 9.88 Å². The van der Waals surface area contributed by atoms with Gasteiger partial charge in [0.25, 0.3) is 5.56 Å². The molecule has 1 amide bonds. The number of benzene rings is 1. The predicted octanol–water partition coefficient (Wildman–Crippen LogP) is 5.30. The number of ether oxygens (including phenoxy) is 1. The third-order valence-corrected chi connectivity index (χ3v) is 5.04. The molecule has 154 valence electrons. The number of carbonyl (C=O) groups is 1. The average molecular weight is 429 g/mol. The first-order chi connectivity index (χ1) is 13.3. The summed E-state index contributed by atoms with van der Waals surface area (Å²) < 4.78 is 7.63. The van der Waals surface area contributed by atoms with Gasteiger partial charge in [0, 0.05) is 11.9 Å². The minimum absolute atomic E-state index is 0.0450. The topological polar surface area (TPSA) is 80.6 Å². The minimum Gasteiger partial charge on any atom is -0.491 e. The molecule has 8 heteroatoms. The minimum atomic E-state index is -1.17. The lowest BCUT2D eigenvalue weighted by Gasteiger charge is -2.21. The van der Waals surface area contributed by atoms with Crippen LogP contribution in [0.2, 0.25) is 10.0 Å². The fourth-order valence-electron chi connectivity index (χ4n) is 3.04. The summed E-state index contributed by atoms with van der Waals surface area (Å²) in [6, 6.07) is 3.16. The number of rotatable bonds is 9. The van der Waals surface area contributed by atoms with Crippen molar-refractivity contribution < 1.29 is 14.6 Å². The molecule has 1 aromatic carbocycles. The van der Waals surface area contributed by atoms with Gasteiger partial charge >= 0.3 is 6.09 Å². The van der Waals surface area contributed by atoms with Crippen LogP contribution in [-0.2, 0) is 13.1 Å². The van der Waals surface area contributed by atoms with E-state index in [0.717, 1.165) is 19.3 Å². The zero-order chi connectivity index (χ0) is 20.8. The van der Waals surface area contributed by atoms with Crippen molar-refractivity contribution in [3.05, 3.63) is 38.2 Å². The van der Waals surface area contributed by atoms with Crippen LogP contribution in [0, 0.1) is 5.92 Å². The molecule has 0 unspecified atom stereocenters. The van der Waals surface area contributed by atoms with E-state index in [1.807, 2.05) is 13.8 Å². The molecule has 0 fully saturated rings. The Kier molecular flexibility index (Phi) is 8.01. The smallest absolute Gasteiger partial charge is 0.404 e. The summed E-state index contributed by atoms with van der Waals surface area (Å²) in [6.45, 7) is 6.92. The molecule has 0 saturated heterocycles. The second-order valence-electron chi connectivity index (χ2n) is 7.11. The van der Waals surface area contributed by atoms with E-state index in [0.29, 0.717) is 40.4 Å². The fourth-order valence-corrected chi connectivity index (χ4v) is 3.37. The molecule has 2 aromatic rings. The first kappa shape index (κ1) is 22.4. The number of halogens is 2. The Hall–Kier alpha value is -1.92. The van der Waals surface area contributed by atoms with Crippen molar-refractivity contribution in [2.75, 3.05) is 6.61 Å². The molecule has 1 heterocycles. The molecule has 0 atom stereocenters. The van der Waals surface area contributed by atoms with Gasteiger partial charge < -0.3 is 19.7 Å². The maximum atomic E-state index is 13.2. The van der Waals surface area contributed by atoms with Crippen LogP contribution in [0.25, 0.3) is 10.8 Å². The number of amides is 1. The normalized spacial score (nSPS) is 11.2. The summed E-state index contributed by atoms with van der Waals surface area (Å²) in [6.07, 6.45) is 1.74. The Labute approximate surface area is 174 Å². The van der Waals surface area contributed by atoms with Gasteiger partial charge in [0.1, 0.15) is 5.75 Å². The van der Waals surface area contributed by atoms with E-state index in [1.54, 1.807) is 16.7 Å². The van der Waals surface area contributed by atoms with Crippen LogP contribution >= 0.6 is 23.2 Å². The van der Waals surface area contributed by atoms with E-state index in [2.05, 4.69) is 12.2 Å². The number of unbranched alkanes of at least 4 members (excludes halogenated alkanes) is 2. The first-order valence-corrected chi connectivity index (χ1v) is 10.2. The van der Waals surface area contributed by atoms with Crippen LogP contribution in [0.1, 0.15) is 45.7 Å². The quantitative estimate of drug-likeness (QED) is 0.530. The molecule has 0 spiro atoms. The Bertz CT molecular complexity index is 909. The number of fused-ring (bicyclic) bond motifs is 1. The molecule has 0 saturated carbocycles. The highest BCUT2D eigenvalue weighted by atomic mass is 35.5. The Morgan fingerprint density at radius 3 is 2.43 bits per heavy atom. The van der Waals surface area contributed by atoms with E-state index in [-0.39, 0.29) is 23.0 Å². The van der Waals surface area contributed by atoms with Crippen molar-refractivity contribution in [2.45, 2.75) is 53.1 Å². The summed E-state index contributed by atoms with van der Waals surface area (Å²) in [5.74, 6) is 0.646. The lowest BCUT2D eigenvalue weighted by Crippen LogP contribution is -2.31. The van der Waals surface area contributed by atoms with E-state index in [1.165, 1.54) is 0 Å². The Morgan fingerprint density at radius 2 is 1.86 bits per heavy atom. The second-order valence-corrected chi connectivity index (χ2v) is 7.93. The van der Waals surface area contributed by atoms with Crippen LogP contribution in [0.3, 0.4) is 0 Å². The van der Waals surface area contributed by atoms with Gasteiger partial charge in [-0.1, -0.05) is 56.8 Å². The number of pyridine rings is 1. The van der Waals surface area contributed by atoms with Gasteiger partial charge in [-0.15, -0.1) is 0 Å². The molecule has 0 aliphatic heterocycles. The van der Waals surface area contributed by atoms with Gasteiger partial charge in [0.15, 0.2) is 0 Å². The highest BCUT2D eigenvalue weighted by Crippen LogP contribution is 2.34. The van der Waals surface area contributed by atoms with Crippen LogP contribution < -0.4 is 15.6 Å². The van der Waals surface area contributed by atoms with Crippen LogP contribution in [0.4, 0.5) is 4.79 Å². The molecule has 0 aliphatic carbocycles. The van der Waals surface area contributed by atoms with E-state index >= 15 is 0 Å². The third kappa shape index (κ3) is 5.32. The van der Waals surface area contributed by atoms with Gasteiger partial charge in [-0.3, -0.25) is 4.79 Å². The number of carboxylic acid groups (broad SMARTS) is 1. The molecule has 2 N–H and O–H groups in total. The van der Waals surface area contributed by atoms with Crippen molar-refractivity contribution >= 4 is 40.1 Å². The van der Waals surface area contributed by atoms with Crippen molar-refractivity contribution in [3.8, 4) is 5.75 Å². The Morgan fingerprint density at radius 1 is 1.21 bits per heavy atom. The molecule has 0 radical (unpaired) electrons. The number of hydrogen-bond acceptors (Lipinski definition) is 3. The van der Waals surface area contributed by atoms with E-state index in [4.69, 9.17) is 33.0 Å². The standard InChI is InChI=1S/C20H26Cl2N2O4/c1-4-5-6-7-28-18-13-8-15(21)16(22)9-14(13)19(25)24(11-12(2)3)17(18)10-23-20(26)27/h8-9,12,23H,4-7,10-11H2,1-3H3,(H,26,27). The molecule has 6 nitrogen and oxygen atoms in total. The number of aromatic nitrogens is 1. The monoisotopic (exact) mass is 428 g/mol. The van der Waals surface area contributed by atoms with Gasteiger partial charge in [-0.2, -0.15) is 0 Å². The lowest BCUT2D eigenvalue weighted by atomic mass is 10.1. The van der Waals surface area contributed by atoms with Crippen molar-refractivity contribution in [1.29, 1.82) is 0 Å². The van der Waals surface area contributed by atoms with Gasteiger partial charge in [0.2, 0.25) is 0 Å². The molecule has 1 aromatic heterocycles. The van der Waals surface area contributed by atoms with Gasteiger partial charge in [0.05, 0.1) is 34.3 Å². The summed E-state index contributed by atoms with van der Waals surface area (Å²) >= 11 is 12.3. The molecule has 28 heavy (non-hydrogen) atoms. The zero-order valence-corrected chi connectivity index (χ0v) is 17.9. The predicted molar refractivity (Wildman–Crippen MR) is 113 cm³/mol. The average Bonchev–Trinajstić information content (AvgIpc) is 2.62. The zero-order valence-electron chi connectivity index (χ0n) is 16.3. The summed E-state index contributed by atoms with van der Waals surface area (Å²) in [7, 11) is 0. The number of nitrogens with one attached hydrogen (secondary N) is 1. The van der Waals surface area contributed by atoms with Gasteiger partial charge in [-0.05, 0) is 24.5 Å². The summed E-state index contributed by atoms with van der Waals surface area (Å²) in [5.41, 5.74) is 0.244. The number of hydrogen-bond donors (Lipinski definition) is 2. The van der Waals surface area contributed by atoms with E-state index < -0.39 is 6.09 Å². The van der Waals surface area contributed by atoms with Gasteiger partial charge in [-0.25, -0.2) is 4.79 Å². The SMILES string of the molecule is CCCCCOc1c(CNC(=O)O)n(CC(C)C)c(=O)c2cc(Cl)c(Cl)cc12. The maximum absolute atomic E-state index is 13.2. The molecular formula is C20H26Cl2N2O4. The highest BCUT2D eigenvalue weighted by molar-refractivity contribution is 6.42. The van der Waals surface area contributed by atoms with Crippen molar-refractivity contribution in [2.24, 2.45) is 5.92 Å². The lowest BCUT2D eigenvalue weighted by molar-refractivity contribution is 0.193. The Balaban J connectivity index is 2.72. The largest absolute Gasteiger partial charge is 0.491 e. The molecule has 0 aliphatic rings. The van der Waals surface area contributed by atoms with Crippen LogP contribution in [0.5, 0.6) is 5.75 Å². The fraction of sp³-hybridized carbons (Fsp3) is 0.500. The first-order valence-electron chi connectivity index (χ1n) is 9.40. The highest BCUT2D eigenvalue weighted by Gasteiger charge is 2.20. The second kappa shape index (κ2) is 10.0. The third-order valence-electron chi connectivity index (χ3n) is 4.32. The van der Waals surface area contributed by atoms with Crippen LogP contribution in [-0.4, -0.2) is 22.4 Å². The molecule has 0 bridgehead atoms. The summed E-state index contributed by atoms with van der Waals surface area (Å²) in [5, 5.41) is 13.0. The molecule has 2 rings (SSSR count). The van der Waals surface area contributed by atoms with Crippen molar-refractivity contribution in [3.63, 3.8) is 0 Å². The van der Waals surface area contributed by atoms with E-state index in [9.17, 15) is 9.59 Å². The maximum Gasteiger partial charge on any atom is 0.404 e. The number of nitrogens with zero attached hydrogens (tertiary/aromatic N) is 1. The van der Waals surface area contributed by atoms with Crippen LogP contribution in [0.15, 0.2) is 16.9 Å². The summed E-state index contributed by atoms with van der Waals surface area (Å²) in [4.78, 5) is 24.2.